The Morgan fingerprint density at radius 3 is 2.21 bits per heavy atom. The van der Waals surface area contributed by atoms with Crippen molar-refractivity contribution < 1.29 is 41.0 Å². The number of rotatable bonds is 7. The van der Waals surface area contributed by atoms with Gasteiger partial charge in [0.1, 0.15) is 0 Å². The molecule has 2 aromatic carbocycles. The average molecular weight is 599 g/mol. The van der Waals surface area contributed by atoms with Crippen LogP contribution in [0.1, 0.15) is 48.1 Å². The molecule has 2 fully saturated rings. The fourth-order valence-corrected chi connectivity index (χ4v) is 5.92. The molecule has 3 aromatic rings. The number of H-pyrrole nitrogens is 1. The Bertz CT molecular complexity index is 1490. The van der Waals surface area contributed by atoms with Crippen LogP contribution in [0, 0.1) is 0 Å². The average Bonchev–Trinajstić information content (AvgIpc) is 3.23. The fourth-order valence-electron chi connectivity index (χ4n) is 5.92. The molecule has 0 spiro atoms. The lowest BCUT2D eigenvalue weighted by Crippen LogP contribution is -2.72. The summed E-state index contributed by atoms with van der Waals surface area (Å²) in [5.41, 5.74) is -4.84. The maximum absolute atomic E-state index is 13.5. The third kappa shape index (κ3) is 5.64. The zero-order valence-corrected chi connectivity index (χ0v) is 22.4. The number of nitrogens with one attached hydrogen (secondary N) is 2. The fraction of sp³-hybridized carbons (Fsp3) is 0.429. The van der Waals surface area contributed by atoms with Gasteiger partial charge in [0.25, 0.3) is 0 Å². The molecule has 0 saturated carbocycles. The predicted molar refractivity (Wildman–Crippen MR) is 137 cm³/mol. The van der Waals surface area contributed by atoms with Gasteiger partial charge in [-0.05, 0) is 49.1 Å². The van der Waals surface area contributed by atoms with Crippen LogP contribution in [0.3, 0.4) is 0 Å². The molecule has 8 nitrogen and oxygen atoms in total. The summed E-state index contributed by atoms with van der Waals surface area (Å²) < 4.78 is 88.0. The van der Waals surface area contributed by atoms with E-state index in [0.29, 0.717) is 25.0 Å². The van der Waals surface area contributed by atoms with Gasteiger partial charge in [-0.2, -0.15) is 26.3 Å². The summed E-state index contributed by atoms with van der Waals surface area (Å²) in [7, 11) is 0. The molecule has 1 unspecified atom stereocenters. The van der Waals surface area contributed by atoms with Crippen molar-refractivity contribution in [2.24, 2.45) is 0 Å². The van der Waals surface area contributed by atoms with E-state index in [4.69, 9.17) is 4.74 Å². The molecule has 3 heterocycles. The van der Waals surface area contributed by atoms with Crippen LogP contribution in [0.2, 0.25) is 0 Å². The number of fused-ring (bicyclic) bond motifs is 2. The number of imidazole rings is 1. The van der Waals surface area contributed by atoms with Crippen LogP contribution < -0.4 is 11.0 Å². The van der Waals surface area contributed by atoms with E-state index in [1.165, 1.54) is 6.92 Å². The standard InChI is InChI=1S/C28H28F6N4O4/c1-17(18-9-20(27(29,30)31)11-21(10-18)28(32,33)34)42-16-26(19-5-3-2-4-6-19)8-7-25(14-37(26)13-22(39)36-25)15-38-23(40)12-35-24(38)41/h2-6,9-12,17,40H,7-8,13-16H2,1H3,(H,35,41)(H,36,39)/t17-,25-,26-/m1/s1. The second-order valence-corrected chi connectivity index (χ2v) is 10.9. The molecule has 2 saturated heterocycles. The minimum absolute atomic E-state index is 0.0179. The molecule has 5 rings (SSSR count). The first-order valence-electron chi connectivity index (χ1n) is 13.1. The molecule has 0 radical (unpaired) electrons. The largest absolute Gasteiger partial charge is 0.493 e. The molecule has 2 aliphatic rings. The molecular formula is C28H28F6N4O4. The number of benzene rings is 2. The van der Waals surface area contributed by atoms with Gasteiger partial charge >= 0.3 is 18.0 Å². The highest BCUT2D eigenvalue weighted by atomic mass is 19.4. The van der Waals surface area contributed by atoms with Gasteiger partial charge in [0.05, 0.1) is 54.2 Å². The number of carbonyl (C=O) groups excluding carboxylic acids is 1. The molecule has 1 amide bonds. The van der Waals surface area contributed by atoms with Crippen LogP contribution in [0.15, 0.2) is 59.5 Å². The predicted octanol–water partition coefficient (Wildman–Crippen LogP) is 4.56. The number of piperazine rings is 1. The first-order chi connectivity index (χ1) is 19.6. The topological polar surface area (TPSA) is 99.6 Å². The van der Waals surface area contributed by atoms with Gasteiger partial charge in [0, 0.05) is 6.54 Å². The van der Waals surface area contributed by atoms with E-state index in [1.54, 1.807) is 18.2 Å². The first-order valence-corrected chi connectivity index (χ1v) is 13.1. The second-order valence-electron chi connectivity index (χ2n) is 10.9. The van der Waals surface area contributed by atoms with Gasteiger partial charge in [-0.15, -0.1) is 0 Å². The van der Waals surface area contributed by atoms with Gasteiger partial charge in [-0.3, -0.25) is 14.3 Å². The van der Waals surface area contributed by atoms with E-state index in [2.05, 4.69) is 10.3 Å². The highest BCUT2D eigenvalue weighted by Gasteiger charge is 2.53. The number of aromatic hydroxyl groups is 1. The van der Waals surface area contributed by atoms with Crippen LogP contribution in [0.4, 0.5) is 26.3 Å². The van der Waals surface area contributed by atoms with E-state index < -0.39 is 46.4 Å². The number of ether oxygens (including phenoxy) is 1. The molecule has 3 N–H and O–H groups in total. The summed E-state index contributed by atoms with van der Waals surface area (Å²) in [6.07, 6.45) is -9.31. The monoisotopic (exact) mass is 598 g/mol. The Morgan fingerprint density at radius 1 is 1.00 bits per heavy atom. The molecule has 42 heavy (non-hydrogen) atoms. The molecule has 1 aromatic heterocycles. The molecular weight excluding hydrogens is 570 g/mol. The molecule has 2 bridgehead atoms. The van der Waals surface area contributed by atoms with Crippen LogP contribution in [0.25, 0.3) is 0 Å². The van der Waals surface area contributed by atoms with Crippen molar-refractivity contribution in [2.45, 2.75) is 55.8 Å². The molecule has 2 aliphatic heterocycles. The van der Waals surface area contributed by atoms with Crippen LogP contribution >= 0.6 is 0 Å². The summed E-state index contributed by atoms with van der Waals surface area (Å²) in [5.74, 6) is -0.637. The molecule has 14 heteroatoms. The zero-order valence-electron chi connectivity index (χ0n) is 22.4. The number of alkyl halides is 6. The van der Waals surface area contributed by atoms with E-state index in [0.717, 1.165) is 16.3 Å². The molecule has 0 aliphatic carbocycles. The Kier molecular flexibility index (Phi) is 7.42. The lowest BCUT2D eigenvalue weighted by molar-refractivity contribution is -0.144. The summed E-state index contributed by atoms with van der Waals surface area (Å²) in [4.78, 5) is 29.5. The van der Waals surface area contributed by atoms with E-state index in [-0.39, 0.29) is 49.7 Å². The number of carbonyl (C=O) groups is 1. The molecule has 4 atom stereocenters. The normalized spacial score (nSPS) is 25.2. The van der Waals surface area contributed by atoms with Crippen molar-refractivity contribution in [1.82, 2.24) is 19.8 Å². The lowest BCUT2D eigenvalue weighted by atomic mass is 9.73. The summed E-state index contributed by atoms with van der Waals surface area (Å²) in [6.45, 7) is 1.39. The molecule has 226 valence electrons. The third-order valence-electron chi connectivity index (χ3n) is 8.12. The van der Waals surface area contributed by atoms with Gasteiger partial charge in [0.15, 0.2) is 0 Å². The number of nitrogens with zero attached hydrogens (tertiary/aromatic N) is 2. The van der Waals surface area contributed by atoms with Crippen LogP contribution in [-0.2, 0) is 34.0 Å². The maximum atomic E-state index is 13.5. The number of hydrogen-bond acceptors (Lipinski definition) is 5. The Morgan fingerprint density at radius 2 is 1.64 bits per heavy atom. The van der Waals surface area contributed by atoms with Crippen LogP contribution in [0.5, 0.6) is 5.88 Å². The van der Waals surface area contributed by atoms with Crippen molar-refractivity contribution in [3.05, 3.63) is 87.5 Å². The number of hydrogen-bond donors (Lipinski definition) is 3. The quantitative estimate of drug-likeness (QED) is 0.347. The highest BCUT2D eigenvalue weighted by molar-refractivity contribution is 5.80. The Balaban J connectivity index is 1.47. The summed E-state index contributed by atoms with van der Waals surface area (Å²) >= 11 is 0. The number of aromatic amines is 1. The van der Waals surface area contributed by atoms with Crippen molar-refractivity contribution in [2.75, 3.05) is 19.7 Å². The minimum Gasteiger partial charge on any atom is -0.493 e. The van der Waals surface area contributed by atoms with Gasteiger partial charge < -0.3 is 20.1 Å². The van der Waals surface area contributed by atoms with Gasteiger partial charge in [-0.1, -0.05) is 30.3 Å². The van der Waals surface area contributed by atoms with Gasteiger partial charge in [0.2, 0.25) is 11.8 Å². The van der Waals surface area contributed by atoms with Crippen molar-refractivity contribution in [1.29, 1.82) is 0 Å². The number of aromatic nitrogens is 2. The second kappa shape index (κ2) is 10.5. The Hall–Kier alpha value is -3.78. The SMILES string of the molecule is C[C@@H](OC[C@@]1(c2ccccc2)CC[C@]2(Cn3c(O)c[nH]c3=O)CN1CC(=O)N2)c1cc(C(F)(F)F)cc(C(F)(F)F)c1. The number of piperidine rings is 1. The maximum Gasteiger partial charge on any atom is 0.416 e. The van der Waals surface area contributed by atoms with Crippen molar-refractivity contribution in [3.63, 3.8) is 0 Å². The number of amides is 1. The lowest BCUT2D eigenvalue weighted by Gasteiger charge is -2.57. The zero-order chi connectivity index (χ0) is 30.5. The summed E-state index contributed by atoms with van der Waals surface area (Å²) in [5, 5.41) is 13.1. The first kappa shape index (κ1) is 29.7. The Labute approximate surface area is 235 Å². The van der Waals surface area contributed by atoms with Gasteiger partial charge in [-0.25, -0.2) is 4.79 Å². The van der Waals surface area contributed by atoms with E-state index >= 15 is 0 Å². The third-order valence-corrected chi connectivity index (χ3v) is 8.12. The minimum atomic E-state index is -5.00. The van der Waals surface area contributed by atoms with Crippen molar-refractivity contribution in [3.8, 4) is 5.88 Å². The van der Waals surface area contributed by atoms with E-state index in [9.17, 15) is 41.0 Å². The van der Waals surface area contributed by atoms with Crippen LogP contribution in [-0.4, -0.2) is 50.7 Å². The van der Waals surface area contributed by atoms with E-state index in [1.807, 2.05) is 17.0 Å². The highest BCUT2D eigenvalue weighted by Crippen LogP contribution is 2.45. The summed E-state index contributed by atoms with van der Waals surface area (Å²) in [6, 6.07) is 10.4. The smallest absolute Gasteiger partial charge is 0.416 e. The van der Waals surface area contributed by atoms with Crippen molar-refractivity contribution >= 4 is 5.91 Å². The number of halogens is 6.